The van der Waals surface area contributed by atoms with E-state index in [9.17, 15) is 23.4 Å². The molecule has 0 aliphatic rings. The van der Waals surface area contributed by atoms with Gasteiger partial charge in [-0.1, -0.05) is 13.0 Å². The van der Waals surface area contributed by atoms with Crippen LogP contribution in [0.15, 0.2) is 24.1 Å². The number of hydrogen-bond acceptors (Lipinski definition) is 6. The van der Waals surface area contributed by atoms with Gasteiger partial charge in [-0.15, -0.1) is 4.73 Å². The van der Waals surface area contributed by atoms with Crippen molar-refractivity contribution in [1.82, 2.24) is 4.73 Å². The van der Waals surface area contributed by atoms with Crippen molar-refractivity contribution in [3.63, 3.8) is 0 Å². The van der Waals surface area contributed by atoms with Gasteiger partial charge >= 0.3 is 5.97 Å². The molecule has 0 fully saturated rings. The smallest absolute Gasteiger partial charge is 0.333 e. The lowest BCUT2D eigenvalue weighted by molar-refractivity contribution is -0.145. The van der Waals surface area contributed by atoms with Crippen LogP contribution >= 0.6 is 0 Å². The van der Waals surface area contributed by atoms with E-state index >= 15 is 0 Å². The second-order valence-corrected chi connectivity index (χ2v) is 6.22. The summed E-state index contributed by atoms with van der Waals surface area (Å²) in [7, 11) is -3.19. The third kappa shape index (κ3) is 4.96. The lowest BCUT2D eigenvalue weighted by atomic mass is 10.2. The minimum atomic E-state index is -3.19. The molecule has 7 nitrogen and oxygen atoms in total. The molecule has 1 aromatic heterocycles. The Morgan fingerprint density at radius 2 is 1.85 bits per heavy atom. The number of hydrogen-bond donors (Lipinski definition) is 2. The van der Waals surface area contributed by atoms with Gasteiger partial charge in [0.25, 0.3) is 0 Å². The van der Waals surface area contributed by atoms with Crippen LogP contribution in [0.5, 0.6) is 11.8 Å². The van der Waals surface area contributed by atoms with Crippen molar-refractivity contribution < 1.29 is 28.3 Å². The monoisotopic (exact) mass is 303 g/mol. The van der Waals surface area contributed by atoms with Crippen LogP contribution in [0.1, 0.15) is 25.7 Å². The Labute approximate surface area is 117 Å². The summed E-state index contributed by atoms with van der Waals surface area (Å²) in [6.07, 6.45) is 1.49. The molecule has 0 saturated carbocycles. The van der Waals surface area contributed by atoms with Gasteiger partial charge in [-0.25, -0.2) is 13.2 Å². The fourth-order valence-corrected chi connectivity index (χ4v) is 2.25. The van der Waals surface area contributed by atoms with E-state index in [-0.39, 0.29) is 23.9 Å². The number of carbonyl (C=O) groups is 1. The molecule has 1 heterocycles. The third-order valence-electron chi connectivity index (χ3n) is 2.55. The molecule has 0 aliphatic heterocycles. The molecule has 112 valence electrons. The summed E-state index contributed by atoms with van der Waals surface area (Å²) in [4.78, 5) is 16.2. The van der Waals surface area contributed by atoms with Crippen molar-refractivity contribution in [2.45, 2.75) is 25.7 Å². The Hall–Kier alpha value is -1.96. The Morgan fingerprint density at radius 3 is 2.40 bits per heavy atom. The van der Waals surface area contributed by atoms with Gasteiger partial charge in [0.1, 0.15) is 0 Å². The molecule has 0 saturated heterocycles. The van der Waals surface area contributed by atoms with Crippen LogP contribution in [0.25, 0.3) is 0 Å². The molecule has 0 radical (unpaired) electrons. The topological polar surface area (TPSA) is 106 Å². The molecule has 20 heavy (non-hydrogen) atoms. The summed E-state index contributed by atoms with van der Waals surface area (Å²) in [6.45, 7) is 3.21. The van der Waals surface area contributed by atoms with Crippen molar-refractivity contribution in [3.05, 3.63) is 24.1 Å². The molecular weight excluding hydrogens is 286 g/mol. The fraction of sp³-hybridized carbons (Fsp3) is 0.417. The molecule has 0 amide bonds. The molecule has 0 atom stereocenters. The van der Waals surface area contributed by atoms with Gasteiger partial charge in [0.05, 0.1) is 5.75 Å². The van der Waals surface area contributed by atoms with Crippen LogP contribution in [-0.2, 0) is 14.6 Å². The summed E-state index contributed by atoms with van der Waals surface area (Å²) in [5.41, 5.74) is 0. The average Bonchev–Trinajstić information content (AvgIpc) is 2.70. The van der Waals surface area contributed by atoms with E-state index in [1.807, 2.05) is 0 Å². The second-order valence-electron chi connectivity index (χ2n) is 4.15. The molecule has 0 aromatic carbocycles. The van der Waals surface area contributed by atoms with Gasteiger partial charge in [-0.05, 0) is 12.8 Å². The zero-order valence-corrected chi connectivity index (χ0v) is 11.7. The summed E-state index contributed by atoms with van der Waals surface area (Å²) in [5, 5.41) is 19.4. The highest BCUT2D eigenvalue weighted by molar-refractivity contribution is 7.94. The third-order valence-corrected chi connectivity index (χ3v) is 3.92. The quantitative estimate of drug-likeness (QED) is 0.693. The molecule has 2 N–H and O–H groups in total. The maximum absolute atomic E-state index is 11.4. The van der Waals surface area contributed by atoms with Crippen LogP contribution in [0, 0.1) is 0 Å². The second kappa shape index (κ2) is 6.99. The molecule has 1 rings (SSSR count). The number of unbranched alkanes of at least 4 members (excludes halogenated alkanes) is 2. The number of aromatic hydroxyl groups is 2. The standard InChI is InChI=1S/C12H17NO6S/c1-2-20(17,18)9-5-3-4-6-12(16)19-13-10(14)7-8-11(13)15/h2,7-8,14-15H,1,3-6,9H2. The number of sulfone groups is 1. The van der Waals surface area contributed by atoms with E-state index in [2.05, 4.69) is 6.58 Å². The average molecular weight is 303 g/mol. The van der Waals surface area contributed by atoms with E-state index in [0.29, 0.717) is 24.0 Å². The number of aromatic nitrogens is 1. The summed E-state index contributed by atoms with van der Waals surface area (Å²) in [5.74, 6) is -1.38. The molecule has 1 aromatic rings. The summed E-state index contributed by atoms with van der Waals surface area (Å²) >= 11 is 0. The van der Waals surface area contributed by atoms with Crippen molar-refractivity contribution in [3.8, 4) is 11.8 Å². The van der Waals surface area contributed by atoms with E-state index in [0.717, 1.165) is 5.41 Å². The van der Waals surface area contributed by atoms with Crippen LogP contribution in [0.4, 0.5) is 0 Å². The number of carbonyl (C=O) groups excluding carboxylic acids is 1. The normalized spacial score (nSPS) is 11.2. The first-order chi connectivity index (χ1) is 9.35. The molecule has 0 spiro atoms. The predicted octanol–water partition coefficient (Wildman–Crippen LogP) is 0.973. The Morgan fingerprint density at radius 1 is 1.25 bits per heavy atom. The maximum Gasteiger partial charge on any atom is 0.333 e. The van der Waals surface area contributed by atoms with E-state index in [1.54, 1.807) is 0 Å². The zero-order chi connectivity index (χ0) is 15.2. The van der Waals surface area contributed by atoms with Crippen molar-refractivity contribution in [1.29, 1.82) is 0 Å². The van der Waals surface area contributed by atoms with Gasteiger partial charge in [0.2, 0.25) is 11.8 Å². The Kier molecular flexibility index (Phi) is 5.63. The summed E-state index contributed by atoms with van der Waals surface area (Å²) < 4.78 is 22.8. The zero-order valence-electron chi connectivity index (χ0n) is 10.9. The predicted molar refractivity (Wildman–Crippen MR) is 71.8 cm³/mol. The maximum atomic E-state index is 11.4. The van der Waals surface area contributed by atoms with E-state index in [1.165, 1.54) is 12.1 Å². The lowest BCUT2D eigenvalue weighted by Gasteiger charge is -2.06. The molecule has 0 aliphatic carbocycles. The van der Waals surface area contributed by atoms with Crippen molar-refractivity contribution in [2.75, 3.05) is 5.75 Å². The molecular formula is C12H17NO6S. The van der Waals surface area contributed by atoms with Crippen LogP contribution < -0.4 is 4.84 Å². The molecule has 0 bridgehead atoms. The van der Waals surface area contributed by atoms with E-state index in [4.69, 9.17) is 4.84 Å². The molecule has 0 unspecified atom stereocenters. The first-order valence-corrected chi connectivity index (χ1v) is 7.73. The highest BCUT2D eigenvalue weighted by Crippen LogP contribution is 2.19. The summed E-state index contributed by atoms with van der Waals surface area (Å²) in [6, 6.07) is 2.37. The SMILES string of the molecule is C=CS(=O)(=O)CCCCCC(=O)On1c(O)ccc1O. The minimum absolute atomic E-state index is 0.00469. The van der Waals surface area contributed by atoms with Crippen LogP contribution in [-0.4, -0.2) is 35.1 Å². The highest BCUT2D eigenvalue weighted by atomic mass is 32.2. The van der Waals surface area contributed by atoms with Crippen LogP contribution in [0.3, 0.4) is 0 Å². The highest BCUT2D eigenvalue weighted by Gasteiger charge is 2.12. The van der Waals surface area contributed by atoms with Gasteiger partial charge in [-0.3, -0.25) is 0 Å². The van der Waals surface area contributed by atoms with Gasteiger partial charge in [0.15, 0.2) is 9.84 Å². The molecule has 8 heteroatoms. The lowest BCUT2D eigenvalue weighted by Crippen LogP contribution is -2.18. The number of nitrogens with zero attached hydrogens (tertiary/aromatic N) is 1. The van der Waals surface area contributed by atoms with E-state index < -0.39 is 15.8 Å². The van der Waals surface area contributed by atoms with Gasteiger partial charge in [0, 0.05) is 24.0 Å². The Bertz CT molecular complexity index is 555. The van der Waals surface area contributed by atoms with Gasteiger partial charge in [-0.2, -0.15) is 0 Å². The van der Waals surface area contributed by atoms with Crippen LogP contribution in [0.2, 0.25) is 0 Å². The largest absolute Gasteiger partial charge is 0.492 e. The first-order valence-electron chi connectivity index (χ1n) is 6.02. The van der Waals surface area contributed by atoms with Crippen molar-refractivity contribution in [2.24, 2.45) is 0 Å². The minimum Gasteiger partial charge on any atom is -0.492 e. The Balaban J connectivity index is 2.26. The number of rotatable bonds is 8. The van der Waals surface area contributed by atoms with Gasteiger partial charge < -0.3 is 15.1 Å². The first kappa shape index (κ1) is 16.1. The fourth-order valence-electron chi connectivity index (χ4n) is 1.48. The van der Waals surface area contributed by atoms with Crippen molar-refractivity contribution >= 4 is 15.8 Å².